The lowest BCUT2D eigenvalue weighted by atomic mass is 10.0. The predicted molar refractivity (Wildman–Crippen MR) is 78.6 cm³/mol. The molecular weight excluding hydrogens is 280 g/mol. The zero-order valence-electron chi connectivity index (χ0n) is 11.1. The highest BCUT2D eigenvalue weighted by Crippen LogP contribution is 2.28. The molecule has 0 radical (unpaired) electrons. The lowest BCUT2D eigenvalue weighted by Crippen LogP contribution is -2.24. The van der Waals surface area contributed by atoms with Gasteiger partial charge >= 0.3 is 0 Å². The fourth-order valence-corrected chi connectivity index (χ4v) is 4.82. The highest BCUT2D eigenvalue weighted by Gasteiger charge is 2.17. The molecule has 0 aromatic carbocycles. The van der Waals surface area contributed by atoms with E-state index in [0.717, 1.165) is 23.6 Å². The van der Waals surface area contributed by atoms with Crippen molar-refractivity contribution in [3.05, 3.63) is 16.3 Å². The number of nitrogens with two attached hydrogens (primary N) is 1. The number of hydrogen-bond acceptors (Lipinski definition) is 4. The summed E-state index contributed by atoms with van der Waals surface area (Å²) in [6.45, 7) is 0.925. The summed E-state index contributed by atoms with van der Waals surface area (Å²) < 4.78 is 26.7. The van der Waals surface area contributed by atoms with Crippen LogP contribution in [0.4, 0.5) is 0 Å². The van der Waals surface area contributed by atoms with Crippen LogP contribution in [0.1, 0.15) is 43.4 Å². The van der Waals surface area contributed by atoms with Crippen LogP contribution < -0.4 is 10.5 Å². The second-order valence-corrected chi connectivity index (χ2v) is 7.91. The van der Waals surface area contributed by atoms with Crippen LogP contribution >= 0.6 is 11.3 Å². The Kier molecular flexibility index (Phi) is 5.38. The summed E-state index contributed by atoms with van der Waals surface area (Å²) >= 11 is 1.39. The van der Waals surface area contributed by atoms with Crippen LogP contribution in [0.5, 0.6) is 0 Å². The largest absolute Gasteiger partial charge is 0.326 e. The molecule has 19 heavy (non-hydrogen) atoms. The number of nitrogens with one attached hydrogen (secondary N) is 1. The van der Waals surface area contributed by atoms with Crippen LogP contribution in [-0.2, 0) is 16.6 Å². The Morgan fingerprint density at radius 1 is 1.37 bits per heavy atom. The van der Waals surface area contributed by atoms with E-state index in [2.05, 4.69) is 4.72 Å². The van der Waals surface area contributed by atoms with E-state index >= 15 is 0 Å². The maximum absolute atomic E-state index is 12.0. The first-order valence-electron chi connectivity index (χ1n) is 6.89. The third-order valence-corrected chi connectivity index (χ3v) is 6.25. The molecule has 1 aliphatic rings. The minimum Gasteiger partial charge on any atom is -0.326 e. The van der Waals surface area contributed by atoms with Gasteiger partial charge in [0.15, 0.2) is 0 Å². The average Bonchev–Trinajstić information content (AvgIpc) is 3.05. The van der Waals surface area contributed by atoms with E-state index in [1.165, 1.54) is 37.0 Å². The normalized spacial score (nSPS) is 17.1. The average molecular weight is 302 g/mol. The highest BCUT2D eigenvalue weighted by atomic mass is 32.2. The summed E-state index contributed by atoms with van der Waals surface area (Å²) in [4.78, 5) is 1.24. The van der Waals surface area contributed by atoms with Gasteiger partial charge in [-0.3, -0.25) is 0 Å². The number of rotatable bonds is 7. The summed E-state index contributed by atoms with van der Waals surface area (Å²) in [5, 5.41) is 1.65. The third kappa shape index (κ3) is 4.27. The molecule has 108 valence electrons. The summed E-state index contributed by atoms with van der Waals surface area (Å²) in [5.74, 6) is 0.814. The Balaban J connectivity index is 1.77. The van der Waals surface area contributed by atoms with Gasteiger partial charge in [0.2, 0.25) is 10.0 Å². The van der Waals surface area contributed by atoms with Crippen molar-refractivity contribution in [2.75, 3.05) is 6.54 Å². The fourth-order valence-electron chi connectivity index (χ4n) is 2.59. The van der Waals surface area contributed by atoms with Gasteiger partial charge in [0, 0.05) is 23.3 Å². The van der Waals surface area contributed by atoms with Gasteiger partial charge in [0.25, 0.3) is 0 Å². The van der Waals surface area contributed by atoms with Crippen molar-refractivity contribution >= 4 is 21.4 Å². The lowest BCUT2D eigenvalue weighted by Gasteiger charge is -2.09. The Hall–Kier alpha value is -0.430. The molecule has 0 spiro atoms. The lowest BCUT2D eigenvalue weighted by molar-refractivity contribution is 0.480. The third-order valence-electron chi connectivity index (χ3n) is 3.70. The van der Waals surface area contributed by atoms with Crippen molar-refractivity contribution < 1.29 is 8.42 Å². The second-order valence-electron chi connectivity index (χ2n) is 5.14. The maximum Gasteiger partial charge on any atom is 0.241 e. The van der Waals surface area contributed by atoms with Crippen LogP contribution in [-0.4, -0.2) is 15.0 Å². The van der Waals surface area contributed by atoms with Crippen LogP contribution in [0.3, 0.4) is 0 Å². The summed E-state index contributed by atoms with van der Waals surface area (Å²) in [7, 11) is -3.34. The molecular formula is C13H22N2O2S2. The monoisotopic (exact) mass is 302 g/mol. The molecule has 0 atom stereocenters. The van der Waals surface area contributed by atoms with Crippen LogP contribution in [0.25, 0.3) is 0 Å². The Morgan fingerprint density at radius 2 is 2.11 bits per heavy atom. The van der Waals surface area contributed by atoms with Gasteiger partial charge in [-0.2, -0.15) is 0 Å². The van der Waals surface area contributed by atoms with Gasteiger partial charge in [-0.1, -0.05) is 25.7 Å². The van der Waals surface area contributed by atoms with Crippen LogP contribution in [0.2, 0.25) is 0 Å². The Morgan fingerprint density at radius 3 is 2.74 bits per heavy atom. The molecule has 6 heteroatoms. The molecule has 1 aliphatic carbocycles. The van der Waals surface area contributed by atoms with Gasteiger partial charge in [0.05, 0.1) is 4.90 Å². The molecule has 1 aromatic rings. The highest BCUT2D eigenvalue weighted by molar-refractivity contribution is 7.89. The van der Waals surface area contributed by atoms with Gasteiger partial charge in [-0.05, 0) is 24.8 Å². The van der Waals surface area contributed by atoms with E-state index in [9.17, 15) is 8.42 Å². The molecule has 0 unspecified atom stereocenters. The van der Waals surface area contributed by atoms with Crippen LogP contribution in [0, 0.1) is 5.92 Å². The Bertz CT molecular complexity index is 490. The van der Waals surface area contributed by atoms with E-state index in [-0.39, 0.29) is 0 Å². The topological polar surface area (TPSA) is 72.2 Å². The van der Waals surface area contributed by atoms with Crippen molar-refractivity contribution in [3.63, 3.8) is 0 Å². The zero-order valence-corrected chi connectivity index (χ0v) is 12.7. The van der Waals surface area contributed by atoms with Gasteiger partial charge in [-0.25, -0.2) is 13.1 Å². The summed E-state index contributed by atoms with van der Waals surface area (Å²) in [6, 6.07) is 1.66. The standard InChI is InChI=1S/C13H22N2O2S2/c14-9-12-8-13(10-18-12)19(16,17)15-7-3-6-11-4-1-2-5-11/h8,10-11,15H,1-7,9,14H2. The molecule has 2 rings (SSSR count). The molecule has 1 heterocycles. The minimum atomic E-state index is -3.34. The van der Waals surface area contributed by atoms with E-state index < -0.39 is 10.0 Å². The van der Waals surface area contributed by atoms with Crippen molar-refractivity contribution in [2.45, 2.75) is 50.0 Å². The molecule has 4 nitrogen and oxygen atoms in total. The SMILES string of the molecule is NCc1cc(S(=O)(=O)NCCCC2CCCC2)cs1. The van der Waals surface area contributed by atoms with E-state index in [4.69, 9.17) is 5.73 Å². The van der Waals surface area contributed by atoms with E-state index in [1.54, 1.807) is 11.4 Å². The van der Waals surface area contributed by atoms with Crippen molar-refractivity contribution in [3.8, 4) is 0 Å². The molecule has 0 aliphatic heterocycles. The first kappa shape index (κ1) is 15.0. The zero-order chi connectivity index (χ0) is 13.7. The minimum absolute atomic E-state index is 0.346. The number of sulfonamides is 1. The van der Waals surface area contributed by atoms with Gasteiger partial charge in [0.1, 0.15) is 0 Å². The molecule has 3 N–H and O–H groups in total. The molecule has 0 amide bonds. The van der Waals surface area contributed by atoms with Crippen LogP contribution in [0.15, 0.2) is 16.3 Å². The Labute approximate surface area is 119 Å². The molecule has 1 fully saturated rings. The van der Waals surface area contributed by atoms with Crippen molar-refractivity contribution in [2.24, 2.45) is 11.7 Å². The maximum atomic E-state index is 12.0. The van der Waals surface area contributed by atoms with Crippen molar-refractivity contribution in [1.82, 2.24) is 4.72 Å². The fraction of sp³-hybridized carbons (Fsp3) is 0.692. The quantitative estimate of drug-likeness (QED) is 0.760. The molecule has 0 saturated heterocycles. The van der Waals surface area contributed by atoms with E-state index in [0.29, 0.717) is 18.0 Å². The molecule has 1 aromatic heterocycles. The number of hydrogen-bond donors (Lipinski definition) is 2. The van der Waals surface area contributed by atoms with Gasteiger partial charge in [-0.15, -0.1) is 11.3 Å². The first-order chi connectivity index (χ1) is 9.12. The smallest absolute Gasteiger partial charge is 0.241 e. The van der Waals surface area contributed by atoms with Crippen molar-refractivity contribution in [1.29, 1.82) is 0 Å². The van der Waals surface area contributed by atoms with Gasteiger partial charge < -0.3 is 5.73 Å². The molecule has 1 saturated carbocycles. The van der Waals surface area contributed by atoms with E-state index in [1.807, 2.05) is 0 Å². The predicted octanol–water partition coefficient (Wildman–Crippen LogP) is 2.46. The summed E-state index contributed by atoms with van der Waals surface area (Å²) in [5.41, 5.74) is 5.49. The second kappa shape index (κ2) is 6.83. The molecule has 0 bridgehead atoms. The first-order valence-corrected chi connectivity index (χ1v) is 9.25. The summed E-state index contributed by atoms with van der Waals surface area (Å²) in [6.07, 6.45) is 7.38. The number of thiophene rings is 1.